The average molecular weight is 523 g/mol. The summed E-state index contributed by atoms with van der Waals surface area (Å²) in [6.45, 7) is 0.822. The van der Waals surface area contributed by atoms with Gasteiger partial charge in [0.1, 0.15) is 23.2 Å². The van der Waals surface area contributed by atoms with Crippen molar-refractivity contribution in [2.45, 2.75) is 25.1 Å². The Kier molecular flexibility index (Phi) is 6.01. The van der Waals surface area contributed by atoms with Gasteiger partial charge in [-0.05, 0) is 17.2 Å². The highest BCUT2D eigenvalue weighted by molar-refractivity contribution is 7.14. The Bertz CT molecular complexity index is 1560. The molecule has 8 nitrogen and oxygen atoms in total. The molecular formula is C26H20F2N4O4S. The molecule has 2 unspecified atom stereocenters. The molecule has 0 aliphatic carbocycles. The molecule has 2 aromatic carbocycles. The summed E-state index contributed by atoms with van der Waals surface area (Å²) < 4.78 is 40.7. The Hall–Kier alpha value is -3.96. The van der Waals surface area contributed by atoms with Crippen molar-refractivity contribution >= 4 is 17.2 Å². The Morgan fingerprint density at radius 1 is 1.11 bits per heavy atom. The number of carbonyl (C=O) groups is 1. The monoisotopic (exact) mass is 522 g/mol. The summed E-state index contributed by atoms with van der Waals surface area (Å²) in [7, 11) is 0. The SMILES string of the molecule is O=C1NC2COCC2n2cc(-c3nnc(Cc4ccc(F)cc4F)s3)c(=O)c(OCc3ccccc3)c21. The summed E-state index contributed by atoms with van der Waals surface area (Å²) >= 11 is 1.12. The molecule has 6 rings (SSSR count). The van der Waals surface area contributed by atoms with E-state index in [9.17, 15) is 18.4 Å². The van der Waals surface area contributed by atoms with Gasteiger partial charge in [0.15, 0.2) is 16.5 Å². The fourth-order valence-corrected chi connectivity index (χ4v) is 5.43. The second-order valence-electron chi connectivity index (χ2n) is 8.83. The van der Waals surface area contributed by atoms with E-state index in [-0.39, 0.29) is 47.7 Å². The molecule has 1 fully saturated rings. The summed E-state index contributed by atoms with van der Waals surface area (Å²) in [4.78, 5) is 26.7. The Balaban J connectivity index is 1.41. The molecule has 37 heavy (non-hydrogen) atoms. The van der Waals surface area contributed by atoms with Crippen molar-refractivity contribution in [3.05, 3.63) is 98.4 Å². The molecule has 2 atom stereocenters. The lowest BCUT2D eigenvalue weighted by molar-refractivity contribution is 0.0883. The summed E-state index contributed by atoms with van der Waals surface area (Å²) in [6.07, 6.45) is 1.69. The molecule has 1 amide bonds. The lowest BCUT2D eigenvalue weighted by atomic mass is 10.0. The number of rotatable bonds is 6. The van der Waals surface area contributed by atoms with E-state index in [0.29, 0.717) is 23.2 Å². The number of aromatic nitrogens is 3. The zero-order chi connectivity index (χ0) is 25.5. The van der Waals surface area contributed by atoms with E-state index in [1.54, 1.807) is 10.8 Å². The summed E-state index contributed by atoms with van der Waals surface area (Å²) in [5.74, 6) is -1.84. The number of fused-ring (bicyclic) bond motifs is 3. The first-order valence-electron chi connectivity index (χ1n) is 11.6. The summed E-state index contributed by atoms with van der Waals surface area (Å²) in [5.41, 5.74) is 0.958. The molecule has 0 saturated carbocycles. The number of pyridine rings is 1. The normalized spacial score (nSPS) is 18.3. The second-order valence-corrected chi connectivity index (χ2v) is 9.89. The van der Waals surface area contributed by atoms with E-state index < -0.39 is 23.0 Å². The Morgan fingerprint density at radius 2 is 1.95 bits per heavy atom. The third-order valence-corrected chi connectivity index (χ3v) is 7.37. The van der Waals surface area contributed by atoms with Crippen molar-refractivity contribution in [3.63, 3.8) is 0 Å². The van der Waals surface area contributed by atoms with E-state index in [1.165, 1.54) is 12.1 Å². The predicted octanol–water partition coefficient (Wildman–Crippen LogP) is 3.50. The van der Waals surface area contributed by atoms with Crippen LogP contribution in [0.1, 0.15) is 32.7 Å². The van der Waals surface area contributed by atoms with Crippen molar-refractivity contribution in [1.82, 2.24) is 20.1 Å². The minimum Gasteiger partial charge on any atom is -0.483 e. The third-order valence-electron chi connectivity index (χ3n) is 6.41. The molecule has 2 aliphatic rings. The summed E-state index contributed by atoms with van der Waals surface area (Å²) in [6, 6.07) is 12.2. The minimum absolute atomic E-state index is 0.0782. The molecule has 4 heterocycles. The minimum atomic E-state index is -0.680. The molecule has 0 radical (unpaired) electrons. The fraction of sp³-hybridized carbons (Fsp3) is 0.231. The van der Waals surface area contributed by atoms with E-state index in [1.807, 2.05) is 30.3 Å². The van der Waals surface area contributed by atoms with Crippen LogP contribution >= 0.6 is 11.3 Å². The van der Waals surface area contributed by atoms with Gasteiger partial charge in [0.05, 0.1) is 30.9 Å². The number of nitrogens with zero attached hydrogens (tertiary/aromatic N) is 3. The highest BCUT2D eigenvalue weighted by atomic mass is 32.1. The number of halogens is 2. The summed E-state index contributed by atoms with van der Waals surface area (Å²) in [5, 5.41) is 12.0. The lowest BCUT2D eigenvalue weighted by Crippen LogP contribution is -2.48. The molecular weight excluding hydrogens is 502 g/mol. The smallest absolute Gasteiger partial charge is 0.272 e. The van der Waals surface area contributed by atoms with Crippen molar-refractivity contribution in [3.8, 4) is 16.3 Å². The van der Waals surface area contributed by atoms with E-state index in [2.05, 4.69) is 15.5 Å². The van der Waals surface area contributed by atoms with Crippen LogP contribution in [0, 0.1) is 11.6 Å². The van der Waals surface area contributed by atoms with Gasteiger partial charge in [0.25, 0.3) is 5.91 Å². The molecule has 2 aliphatic heterocycles. The Morgan fingerprint density at radius 3 is 2.76 bits per heavy atom. The quantitative estimate of drug-likeness (QED) is 0.417. The van der Waals surface area contributed by atoms with Crippen LogP contribution in [0.3, 0.4) is 0 Å². The van der Waals surface area contributed by atoms with Crippen molar-refractivity contribution in [1.29, 1.82) is 0 Å². The largest absolute Gasteiger partial charge is 0.483 e. The van der Waals surface area contributed by atoms with E-state index in [4.69, 9.17) is 9.47 Å². The number of carbonyl (C=O) groups excluding carboxylic acids is 1. The van der Waals surface area contributed by atoms with Gasteiger partial charge < -0.3 is 19.4 Å². The number of hydrogen-bond acceptors (Lipinski definition) is 7. The standard InChI is InChI=1S/C26H20F2N4O4S/c27-16-7-6-15(18(28)9-16)8-21-30-31-26(37-21)17-10-32-20-13-35-12-19(20)29-25(34)22(32)24(23(17)33)36-11-14-4-2-1-3-5-14/h1-7,9-10,19-20H,8,11-13H2,(H,29,34). The van der Waals surface area contributed by atoms with E-state index in [0.717, 1.165) is 23.0 Å². The highest BCUT2D eigenvalue weighted by Crippen LogP contribution is 2.33. The van der Waals surface area contributed by atoms with Crippen molar-refractivity contribution in [2.24, 2.45) is 0 Å². The van der Waals surface area contributed by atoms with Gasteiger partial charge >= 0.3 is 0 Å². The zero-order valence-corrected chi connectivity index (χ0v) is 20.1. The van der Waals surface area contributed by atoms with Gasteiger partial charge in [0.2, 0.25) is 5.43 Å². The molecule has 0 bridgehead atoms. The van der Waals surface area contributed by atoms with Crippen LogP contribution < -0.4 is 15.5 Å². The first-order chi connectivity index (χ1) is 18.0. The van der Waals surface area contributed by atoms with Crippen LogP contribution in [0.5, 0.6) is 5.75 Å². The molecule has 11 heteroatoms. The van der Waals surface area contributed by atoms with Gasteiger partial charge in [-0.25, -0.2) is 8.78 Å². The van der Waals surface area contributed by atoms with Gasteiger partial charge in [0, 0.05) is 18.7 Å². The molecule has 4 aromatic rings. The number of benzene rings is 2. The number of nitrogens with one attached hydrogen (secondary N) is 1. The number of ether oxygens (including phenoxy) is 2. The van der Waals surface area contributed by atoms with Crippen molar-refractivity contribution in [2.75, 3.05) is 13.2 Å². The first kappa shape index (κ1) is 23.4. The molecule has 1 N–H and O–H groups in total. The predicted molar refractivity (Wildman–Crippen MR) is 131 cm³/mol. The van der Waals surface area contributed by atoms with E-state index >= 15 is 0 Å². The van der Waals surface area contributed by atoms with Gasteiger partial charge in [-0.3, -0.25) is 9.59 Å². The van der Waals surface area contributed by atoms with Crippen molar-refractivity contribution < 1.29 is 23.0 Å². The average Bonchev–Trinajstić information content (AvgIpc) is 3.55. The number of hydrogen-bond donors (Lipinski definition) is 1. The molecule has 188 valence electrons. The topological polar surface area (TPSA) is 95.3 Å². The zero-order valence-electron chi connectivity index (χ0n) is 19.3. The first-order valence-corrected chi connectivity index (χ1v) is 12.4. The number of amides is 1. The second kappa shape index (κ2) is 9.49. The third kappa shape index (κ3) is 4.40. The van der Waals surface area contributed by atoms with Gasteiger partial charge in [-0.15, -0.1) is 10.2 Å². The maximum atomic E-state index is 14.2. The maximum absolute atomic E-state index is 14.2. The lowest BCUT2D eigenvalue weighted by Gasteiger charge is -2.31. The van der Waals surface area contributed by atoms with Gasteiger partial charge in [-0.2, -0.15) is 0 Å². The van der Waals surface area contributed by atoms with Crippen LogP contribution in [-0.2, 0) is 17.8 Å². The molecule has 0 spiro atoms. The maximum Gasteiger partial charge on any atom is 0.272 e. The van der Waals surface area contributed by atoms with Crippen LogP contribution in [0.25, 0.3) is 10.6 Å². The highest BCUT2D eigenvalue weighted by Gasteiger charge is 2.40. The van der Waals surface area contributed by atoms with Crippen LogP contribution in [0.15, 0.2) is 59.5 Å². The van der Waals surface area contributed by atoms with Crippen LogP contribution in [0.4, 0.5) is 8.78 Å². The molecule has 1 saturated heterocycles. The molecule has 2 aromatic heterocycles. The van der Waals surface area contributed by atoms with Crippen LogP contribution in [0.2, 0.25) is 0 Å². The fourth-order valence-electron chi connectivity index (χ4n) is 4.56. The van der Waals surface area contributed by atoms with Crippen LogP contribution in [-0.4, -0.2) is 39.9 Å². The van der Waals surface area contributed by atoms with Gasteiger partial charge in [-0.1, -0.05) is 47.7 Å². The Labute approximate surface area is 213 Å².